The lowest BCUT2D eigenvalue weighted by Gasteiger charge is -2.26. The molecule has 0 saturated heterocycles. The monoisotopic (exact) mass is 336 g/mol. The third-order valence-electron chi connectivity index (χ3n) is 2.79. The molecule has 0 aromatic heterocycles. The first-order valence-electron chi connectivity index (χ1n) is 6.94. The van der Waals surface area contributed by atoms with E-state index in [-0.39, 0.29) is 18.0 Å². The van der Waals surface area contributed by atoms with Gasteiger partial charge < -0.3 is 4.90 Å². The van der Waals surface area contributed by atoms with Crippen molar-refractivity contribution in [2.75, 3.05) is 13.1 Å². The summed E-state index contributed by atoms with van der Waals surface area (Å²) in [6.45, 7) is 3.64. The van der Waals surface area contributed by atoms with Crippen LogP contribution in [0.2, 0.25) is 0 Å². The summed E-state index contributed by atoms with van der Waals surface area (Å²) in [6, 6.07) is 6.89. The molecule has 0 aliphatic heterocycles. The molecule has 0 fully saturated rings. The van der Waals surface area contributed by atoms with Crippen molar-refractivity contribution in [2.24, 2.45) is 4.40 Å². The maximum atomic E-state index is 13.2. The molecule has 0 saturated carbocycles. The lowest BCUT2D eigenvalue weighted by atomic mass is 10.3. The Balaban J connectivity index is 3.32. The van der Waals surface area contributed by atoms with E-state index in [1.54, 1.807) is 19.9 Å². The predicted octanol–water partition coefficient (Wildman–Crippen LogP) is 3.46. The normalized spacial score (nSPS) is 13.2. The molecule has 0 radical (unpaired) electrons. The molecule has 0 atom stereocenters. The molecule has 0 unspecified atom stereocenters. The molecule has 0 spiro atoms. The number of nitrogens with zero attached hydrogens (tertiary/aromatic N) is 2. The summed E-state index contributed by atoms with van der Waals surface area (Å²) >= 11 is 0. The van der Waals surface area contributed by atoms with Crippen LogP contribution in [0.1, 0.15) is 26.7 Å². The summed E-state index contributed by atoms with van der Waals surface area (Å²) in [5, 5.41) is 0. The van der Waals surface area contributed by atoms with Crippen LogP contribution in [0.3, 0.4) is 0 Å². The first-order valence-corrected chi connectivity index (χ1v) is 8.38. The molecule has 4 nitrogen and oxygen atoms in total. The minimum absolute atomic E-state index is 0.0937. The third-order valence-corrected chi connectivity index (χ3v) is 4.07. The number of halogens is 3. The van der Waals surface area contributed by atoms with Gasteiger partial charge in [-0.1, -0.05) is 32.0 Å². The predicted molar refractivity (Wildman–Crippen MR) is 79.3 cm³/mol. The Hall–Kier alpha value is -1.57. The van der Waals surface area contributed by atoms with E-state index in [4.69, 9.17) is 0 Å². The Morgan fingerprint density at radius 2 is 1.59 bits per heavy atom. The summed E-state index contributed by atoms with van der Waals surface area (Å²) in [7, 11) is -4.40. The van der Waals surface area contributed by atoms with Gasteiger partial charge in [0.15, 0.2) is 0 Å². The number of alkyl halides is 3. The first kappa shape index (κ1) is 18.5. The van der Waals surface area contributed by atoms with Crippen molar-refractivity contribution < 1.29 is 21.6 Å². The van der Waals surface area contributed by atoms with E-state index in [1.165, 1.54) is 24.3 Å². The fourth-order valence-corrected chi connectivity index (χ4v) is 2.96. The minimum atomic E-state index is -4.83. The summed E-state index contributed by atoms with van der Waals surface area (Å²) in [5.74, 6) is -1.36. The second kappa shape index (κ2) is 7.62. The highest BCUT2D eigenvalue weighted by molar-refractivity contribution is 7.90. The Morgan fingerprint density at radius 1 is 1.09 bits per heavy atom. The van der Waals surface area contributed by atoms with Gasteiger partial charge in [-0.2, -0.15) is 21.6 Å². The van der Waals surface area contributed by atoms with Gasteiger partial charge in [0, 0.05) is 13.1 Å². The highest BCUT2D eigenvalue weighted by Crippen LogP contribution is 2.23. The lowest BCUT2D eigenvalue weighted by Crippen LogP contribution is -2.42. The average Bonchev–Trinajstić information content (AvgIpc) is 2.44. The van der Waals surface area contributed by atoms with Crippen LogP contribution in [0.15, 0.2) is 39.6 Å². The maximum Gasteiger partial charge on any atom is 0.450 e. The number of hydrogen-bond acceptors (Lipinski definition) is 2. The van der Waals surface area contributed by atoms with Crippen molar-refractivity contribution in [1.82, 2.24) is 4.90 Å². The Bertz CT molecular complexity index is 592. The van der Waals surface area contributed by atoms with E-state index in [0.29, 0.717) is 12.8 Å². The quantitative estimate of drug-likeness (QED) is 0.590. The van der Waals surface area contributed by atoms with Crippen molar-refractivity contribution in [3.05, 3.63) is 30.3 Å². The van der Waals surface area contributed by atoms with Crippen LogP contribution in [0.25, 0.3) is 0 Å². The average molecular weight is 336 g/mol. The molecule has 22 heavy (non-hydrogen) atoms. The van der Waals surface area contributed by atoms with E-state index >= 15 is 0 Å². The SMILES string of the molecule is CCCN(CCC)/C(=N\S(=O)(=O)c1ccccc1)C(F)(F)F. The van der Waals surface area contributed by atoms with Gasteiger partial charge in [-0.25, -0.2) is 0 Å². The molecular weight excluding hydrogens is 317 g/mol. The number of benzene rings is 1. The van der Waals surface area contributed by atoms with Crippen LogP contribution in [-0.2, 0) is 10.0 Å². The molecule has 0 aliphatic rings. The highest BCUT2D eigenvalue weighted by Gasteiger charge is 2.41. The second-order valence-corrected chi connectivity index (χ2v) is 6.29. The molecule has 124 valence electrons. The van der Waals surface area contributed by atoms with E-state index in [1.807, 2.05) is 0 Å². The summed E-state index contributed by atoms with van der Waals surface area (Å²) in [4.78, 5) is 0.713. The van der Waals surface area contributed by atoms with Gasteiger partial charge in [-0.05, 0) is 25.0 Å². The largest absolute Gasteiger partial charge is 0.450 e. The van der Waals surface area contributed by atoms with E-state index < -0.39 is 22.0 Å². The second-order valence-electron chi connectivity index (χ2n) is 4.69. The first-order chi connectivity index (χ1) is 10.2. The Kier molecular flexibility index (Phi) is 6.40. The van der Waals surface area contributed by atoms with Gasteiger partial charge >= 0.3 is 6.18 Å². The topological polar surface area (TPSA) is 49.7 Å². The molecule has 0 N–H and O–H groups in total. The minimum Gasteiger partial charge on any atom is -0.352 e. The molecule has 0 amide bonds. The zero-order chi connectivity index (χ0) is 16.8. The van der Waals surface area contributed by atoms with Gasteiger partial charge in [-0.15, -0.1) is 4.40 Å². The smallest absolute Gasteiger partial charge is 0.352 e. The standard InChI is InChI=1S/C14H19F3N2O2S/c1-3-10-19(11-4-2)13(14(15,16)17)18-22(20,21)12-8-6-5-7-9-12/h5-9H,3-4,10-11H2,1-2H3/b18-13-. The Morgan fingerprint density at radius 3 is 2.00 bits per heavy atom. The van der Waals surface area contributed by atoms with Crippen LogP contribution in [0, 0.1) is 0 Å². The van der Waals surface area contributed by atoms with Crippen LogP contribution >= 0.6 is 0 Å². The molecule has 0 aliphatic carbocycles. The van der Waals surface area contributed by atoms with Gasteiger partial charge in [0.25, 0.3) is 10.0 Å². The van der Waals surface area contributed by atoms with Crippen molar-refractivity contribution in [3.8, 4) is 0 Å². The number of rotatable bonds is 6. The zero-order valence-corrected chi connectivity index (χ0v) is 13.3. The number of sulfonamides is 1. The molecule has 1 aromatic carbocycles. The summed E-state index contributed by atoms with van der Waals surface area (Å²) in [5.41, 5.74) is 0. The number of hydrogen-bond donors (Lipinski definition) is 0. The fourth-order valence-electron chi connectivity index (χ4n) is 1.91. The zero-order valence-electron chi connectivity index (χ0n) is 12.5. The van der Waals surface area contributed by atoms with Crippen molar-refractivity contribution in [1.29, 1.82) is 0 Å². The molecule has 1 aromatic rings. The van der Waals surface area contributed by atoms with Crippen molar-refractivity contribution >= 4 is 15.9 Å². The van der Waals surface area contributed by atoms with Crippen molar-refractivity contribution in [3.63, 3.8) is 0 Å². The highest BCUT2D eigenvalue weighted by atomic mass is 32.2. The van der Waals surface area contributed by atoms with Gasteiger partial charge in [0.2, 0.25) is 5.84 Å². The summed E-state index contributed by atoms with van der Waals surface area (Å²) in [6.07, 6.45) is -3.91. The van der Waals surface area contributed by atoms with Crippen LogP contribution < -0.4 is 0 Å². The number of amidine groups is 1. The molecule has 0 bridgehead atoms. The van der Waals surface area contributed by atoms with Crippen LogP contribution in [-0.4, -0.2) is 38.4 Å². The van der Waals surface area contributed by atoms with Crippen LogP contribution in [0.4, 0.5) is 13.2 Å². The van der Waals surface area contributed by atoms with Crippen LogP contribution in [0.5, 0.6) is 0 Å². The molecule has 1 rings (SSSR count). The Labute approximate surface area is 128 Å². The van der Waals surface area contributed by atoms with E-state index in [9.17, 15) is 21.6 Å². The van der Waals surface area contributed by atoms with Crippen molar-refractivity contribution in [2.45, 2.75) is 37.8 Å². The molecule has 8 heteroatoms. The fraction of sp³-hybridized carbons (Fsp3) is 0.500. The third kappa shape index (κ3) is 5.01. The summed E-state index contributed by atoms with van der Waals surface area (Å²) < 4.78 is 66.9. The van der Waals surface area contributed by atoms with Gasteiger partial charge in [0.05, 0.1) is 4.90 Å². The molecule has 0 heterocycles. The lowest BCUT2D eigenvalue weighted by molar-refractivity contribution is -0.0686. The van der Waals surface area contributed by atoms with Gasteiger partial charge in [-0.3, -0.25) is 0 Å². The van der Waals surface area contributed by atoms with E-state index in [2.05, 4.69) is 4.40 Å². The van der Waals surface area contributed by atoms with E-state index in [0.717, 1.165) is 4.90 Å². The maximum absolute atomic E-state index is 13.2. The van der Waals surface area contributed by atoms with Gasteiger partial charge in [0.1, 0.15) is 0 Å². The molecular formula is C14H19F3N2O2S.